The minimum atomic E-state index is 0.645. The monoisotopic (exact) mass is 270 g/mol. The molecule has 0 spiro atoms. The number of aromatic nitrogens is 2. The lowest BCUT2D eigenvalue weighted by Gasteiger charge is -2.19. The summed E-state index contributed by atoms with van der Waals surface area (Å²) in [5, 5.41) is 0. The molecule has 0 unspecified atom stereocenters. The average Bonchev–Trinajstić information content (AvgIpc) is 2.43. The second-order valence-electron chi connectivity index (χ2n) is 5.45. The van der Waals surface area contributed by atoms with Gasteiger partial charge in [-0.1, -0.05) is 0 Å². The molecular formula is C17H22N2O. The largest absolute Gasteiger partial charge is 0.438 e. The van der Waals surface area contributed by atoms with E-state index in [9.17, 15) is 0 Å². The quantitative estimate of drug-likeness (QED) is 0.809. The fourth-order valence-corrected chi connectivity index (χ4v) is 2.33. The second kappa shape index (κ2) is 5.23. The van der Waals surface area contributed by atoms with Crippen LogP contribution in [0.15, 0.2) is 6.33 Å². The Morgan fingerprint density at radius 1 is 0.650 bits per heavy atom. The van der Waals surface area contributed by atoms with Crippen molar-refractivity contribution in [1.29, 1.82) is 0 Å². The molecule has 1 aromatic heterocycles. The van der Waals surface area contributed by atoms with E-state index in [1.807, 2.05) is 13.8 Å². The average molecular weight is 270 g/mol. The number of hydrogen-bond acceptors (Lipinski definition) is 3. The normalized spacial score (nSPS) is 10.8. The van der Waals surface area contributed by atoms with Crippen molar-refractivity contribution in [2.45, 2.75) is 48.5 Å². The third kappa shape index (κ3) is 2.28. The molecular weight excluding hydrogens is 248 g/mol. The maximum Gasteiger partial charge on any atom is 0.225 e. The summed E-state index contributed by atoms with van der Waals surface area (Å²) >= 11 is 0. The lowest BCUT2D eigenvalue weighted by atomic mass is 9.94. The third-order valence-corrected chi connectivity index (χ3v) is 4.42. The van der Waals surface area contributed by atoms with E-state index < -0.39 is 0 Å². The van der Waals surface area contributed by atoms with Gasteiger partial charge in [0.1, 0.15) is 12.1 Å². The number of nitrogens with zero attached hydrogens (tertiary/aromatic N) is 2. The van der Waals surface area contributed by atoms with E-state index in [0.717, 1.165) is 17.0 Å². The van der Waals surface area contributed by atoms with Crippen molar-refractivity contribution < 1.29 is 4.74 Å². The molecule has 0 N–H and O–H groups in total. The molecule has 0 aliphatic carbocycles. The molecule has 2 aromatic rings. The maximum absolute atomic E-state index is 6.12. The van der Waals surface area contributed by atoms with Crippen LogP contribution in [-0.2, 0) is 0 Å². The molecule has 2 rings (SSSR count). The zero-order valence-corrected chi connectivity index (χ0v) is 13.4. The molecule has 1 aromatic carbocycles. The number of ether oxygens (including phenoxy) is 1. The first kappa shape index (κ1) is 14.5. The molecule has 0 bridgehead atoms. The van der Waals surface area contributed by atoms with Crippen LogP contribution in [0.3, 0.4) is 0 Å². The minimum absolute atomic E-state index is 0.645. The Bertz CT molecular complexity index is 646. The SMILES string of the molecule is Cc1ncnc(Oc2c(C)c(C)c(C)c(C)c2C)c1C. The summed E-state index contributed by atoms with van der Waals surface area (Å²) in [5.41, 5.74) is 8.21. The van der Waals surface area contributed by atoms with E-state index in [2.05, 4.69) is 44.6 Å². The predicted molar refractivity (Wildman–Crippen MR) is 81.7 cm³/mol. The van der Waals surface area contributed by atoms with Gasteiger partial charge in [0.15, 0.2) is 0 Å². The van der Waals surface area contributed by atoms with Crippen LogP contribution < -0.4 is 4.74 Å². The Morgan fingerprint density at radius 3 is 1.70 bits per heavy atom. The van der Waals surface area contributed by atoms with Gasteiger partial charge in [0, 0.05) is 11.3 Å². The van der Waals surface area contributed by atoms with Crippen molar-refractivity contribution in [3.05, 3.63) is 45.4 Å². The van der Waals surface area contributed by atoms with Crippen LogP contribution in [0.2, 0.25) is 0 Å². The molecule has 0 amide bonds. The first-order valence-electron chi connectivity index (χ1n) is 6.87. The van der Waals surface area contributed by atoms with Gasteiger partial charge in [-0.15, -0.1) is 0 Å². The van der Waals surface area contributed by atoms with Crippen molar-refractivity contribution in [2.75, 3.05) is 0 Å². The highest BCUT2D eigenvalue weighted by Crippen LogP contribution is 2.35. The third-order valence-electron chi connectivity index (χ3n) is 4.42. The highest BCUT2D eigenvalue weighted by atomic mass is 16.5. The van der Waals surface area contributed by atoms with E-state index in [-0.39, 0.29) is 0 Å². The Morgan fingerprint density at radius 2 is 1.15 bits per heavy atom. The molecule has 0 fully saturated rings. The lowest BCUT2D eigenvalue weighted by Crippen LogP contribution is -2.02. The van der Waals surface area contributed by atoms with Gasteiger partial charge in [-0.25, -0.2) is 9.97 Å². The van der Waals surface area contributed by atoms with E-state index in [1.54, 1.807) is 6.33 Å². The van der Waals surface area contributed by atoms with Crippen molar-refractivity contribution in [3.63, 3.8) is 0 Å². The van der Waals surface area contributed by atoms with Gasteiger partial charge >= 0.3 is 0 Å². The molecule has 20 heavy (non-hydrogen) atoms. The zero-order valence-electron chi connectivity index (χ0n) is 13.4. The van der Waals surface area contributed by atoms with Crippen molar-refractivity contribution >= 4 is 0 Å². The van der Waals surface area contributed by atoms with Gasteiger partial charge in [0.2, 0.25) is 5.88 Å². The summed E-state index contributed by atoms with van der Waals surface area (Å²) < 4.78 is 6.12. The summed E-state index contributed by atoms with van der Waals surface area (Å²) in [6, 6.07) is 0. The lowest BCUT2D eigenvalue weighted by molar-refractivity contribution is 0.448. The van der Waals surface area contributed by atoms with Crippen LogP contribution in [0.1, 0.15) is 39.1 Å². The molecule has 0 aliphatic heterocycles. The molecule has 0 saturated heterocycles. The van der Waals surface area contributed by atoms with Gasteiger partial charge in [-0.05, 0) is 76.3 Å². The van der Waals surface area contributed by atoms with E-state index in [1.165, 1.54) is 27.8 Å². The smallest absolute Gasteiger partial charge is 0.225 e. The van der Waals surface area contributed by atoms with Crippen molar-refractivity contribution in [2.24, 2.45) is 0 Å². The number of benzene rings is 1. The van der Waals surface area contributed by atoms with E-state index >= 15 is 0 Å². The van der Waals surface area contributed by atoms with Gasteiger partial charge in [0.25, 0.3) is 0 Å². The van der Waals surface area contributed by atoms with Crippen molar-refractivity contribution in [1.82, 2.24) is 9.97 Å². The van der Waals surface area contributed by atoms with Gasteiger partial charge in [0.05, 0.1) is 0 Å². The fraction of sp³-hybridized carbons (Fsp3) is 0.412. The van der Waals surface area contributed by atoms with Gasteiger partial charge in [-0.3, -0.25) is 0 Å². The first-order valence-corrected chi connectivity index (χ1v) is 6.87. The van der Waals surface area contributed by atoms with Crippen LogP contribution in [0, 0.1) is 48.5 Å². The van der Waals surface area contributed by atoms with Crippen LogP contribution in [0.5, 0.6) is 11.6 Å². The predicted octanol–water partition coefficient (Wildman–Crippen LogP) is 4.43. The van der Waals surface area contributed by atoms with Crippen LogP contribution in [0.25, 0.3) is 0 Å². The van der Waals surface area contributed by atoms with E-state index in [4.69, 9.17) is 4.74 Å². The number of aryl methyl sites for hydroxylation is 1. The molecule has 0 atom stereocenters. The molecule has 0 radical (unpaired) electrons. The highest BCUT2D eigenvalue weighted by molar-refractivity contribution is 5.54. The minimum Gasteiger partial charge on any atom is -0.438 e. The molecule has 0 saturated carbocycles. The molecule has 3 nitrogen and oxygen atoms in total. The molecule has 0 aliphatic rings. The molecule has 1 heterocycles. The summed E-state index contributed by atoms with van der Waals surface area (Å²) in [6.07, 6.45) is 1.55. The van der Waals surface area contributed by atoms with Crippen molar-refractivity contribution in [3.8, 4) is 11.6 Å². The molecule has 106 valence electrons. The zero-order chi connectivity index (χ0) is 15.0. The van der Waals surface area contributed by atoms with Crippen LogP contribution >= 0.6 is 0 Å². The standard InChI is InChI=1S/C17H22N2O/c1-9-10(2)12(4)16(13(5)11(9)3)20-17-14(6)15(7)18-8-19-17/h8H,1-7H3. The highest BCUT2D eigenvalue weighted by Gasteiger charge is 2.16. The molecule has 3 heteroatoms. The summed E-state index contributed by atoms with van der Waals surface area (Å²) in [5.74, 6) is 1.57. The number of hydrogen-bond donors (Lipinski definition) is 0. The van der Waals surface area contributed by atoms with Gasteiger partial charge < -0.3 is 4.74 Å². The summed E-state index contributed by atoms with van der Waals surface area (Å²) in [7, 11) is 0. The maximum atomic E-state index is 6.12. The topological polar surface area (TPSA) is 35.0 Å². The van der Waals surface area contributed by atoms with Crippen LogP contribution in [0.4, 0.5) is 0 Å². The second-order valence-corrected chi connectivity index (χ2v) is 5.45. The van der Waals surface area contributed by atoms with Crippen LogP contribution in [-0.4, -0.2) is 9.97 Å². The summed E-state index contributed by atoms with van der Waals surface area (Å²) in [6.45, 7) is 14.6. The first-order chi connectivity index (χ1) is 9.34. The Balaban J connectivity index is 2.57. The Kier molecular flexibility index (Phi) is 3.80. The Labute approximate surface area is 121 Å². The van der Waals surface area contributed by atoms with Gasteiger partial charge in [-0.2, -0.15) is 0 Å². The van der Waals surface area contributed by atoms with E-state index in [0.29, 0.717) is 5.88 Å². The summed E-state index contributed by atoms with van der Waals surface area (Å²) in [4.78, 5) is 8.45. The fourth-order valence-electron chi connectivity index (χ4n) is 2.33. The Hall–Kier alpha value is -1.90. The number of rotatable bonds is 2.